The molecule has 3 heteroatoms. The Bertz CT molecular complexity index is 460. The summed E-state index contributed by atoms with van der Waals surface area (Å²) in [5, 5.41) is 19.7. The molecule has 0 aromatic heterocycles. The molecule has 0 amide bonds. The fraction of sp³-hybridized carbons (Fsp3) is 0.684. The van der Waals surface area contributed by atoms with E-state index in [2.05, 4.69) is 65.6 Å². The lowest BCUT2D eigenvalue weighted by Gasteiger charge is -2.29. The molecule has 0 heterocycles. The minimum atomic E-state index is -0.0935. The molecular formula is C19H33NO2. The number of aromatic hydroxyl groups is 1. The van der Waals surface area contributed by atoms with E-state index in [0.29, 0.717) is 5.75 Å². The summed E-state index contributed by atoms with van der Waals surface area (Å²) in [7, 11) is 2.07. The van der Waals surface area contributed by atoms with Gasteiger partial charge >= 0.3 is 0 Å². The molecule has 1 rings (SSSR count). The van der Waals surface area contributed by atoms with Gasteiger partial charge in [0.05, 0.1) is 0 Å². The molecule has 0 aliphatic heterocycles. The topological polar surface area (TPSA) is 43.7 Å². The van der Waals surface area contributed by atoms with Crippen molar-refractivity contribution in [1.82, 2.24) is 4.90 Å². The quantitative estimate of drug-likeness (QED) is 0.869. The van der Waals surface area contributed by atoms with Crippen LogP contribution in [0.25, 0.3) is 0 Å². The van der Waals surface area contributed by atoms with Gasteiger partial charge in [-0.2, -0.15) is 0 Å². The highest BCUT2D eigenvalue weighted by Gasteiger charge is 2.26. The summed E-state index contributed by atoms with van der Waals surface area (Å²) in [5.74, 6) is 0.432. The second-order valence-electron chi connectivity index (χ2n) is 8.35. The molecule has 22 heavy (non-hydrogen) atoms. The van der Waals surface area contributed by atoms with Gasteiger partial charge in [0, 0.05) is 19.7 Å². The fourth-order valence-electron chi connectivity index (χ4n) is 2.66. The molecule has 0 spiro atoms. The number of hydrogen-bond acceptors (Lipinski definition) is 3. The average Bonchev–Trinajstić information content (AvgIpc) is 2.35. The van der Waals surface area contributed by atoms with Gasteiger partial charge in [-0.1, -0.05) is 53.7 Å². The van der Waals surface area contributed by atoms with Gasteiger partial charge in [-0.3, -0.25) is 0 Å². The van der Waals surface area contributed by atoms with E-state index in [0.717, 1.165) is 30.6 Å². The number of aliphatic hydroxyl groups is 1. The lowest BCUT2D eigenvalue weighted by Crippen LogP contribution is -2.22. The first kappa shape index (κ1) is 19.0. The van der Waals surface area contributed by atoms with Gasteiger partial charge < -0.3 is 15.1 Å². The van der Waals surface area contributed by atoms with Crippen LogP contribution < -0.4 is 0 Å². The predicted molar refractivity (Wildman–Crippen MR) is 93.5 cm³/mol. The average molecular weight is 307 g/mol. The molecule has 0 saturated heterocycles. The summed E-state index contributed by atoms with van der Waals surface area (Å²) in [6.45, 7) is 14.7. The Morgan fingerprint density at radius 1 is 0.955 bits per heavy atom. The Hall–Kier alpha value is -1.06. The molecule has 0 aliphatic rings. The normalized spacial score (nSPS) is 13.0. The maximum absolute atomic E-state index is 10.7. The van der Waals surface area contributed by atoms with Crippen LogP contribution in [-0.4, -0.2) is 35.3 Å². The third kappa shape index (κ3) is 4.99. The minimum Gasteiger partial charge on any atom is -0.507 e. The van der Waals surface area contributed by atoms with Crippen LogP contribution in [-0.2, 0) is 17.4 Å². The number of rotatable bonds is 5. The van der Waals surface area contributed by atoms with Crippen LogP contribution in [0.1, 0.15) is 64.7 Å². The second-order valence-corrected chi connectivity index (χ2v) is 8.35. The monoisotopic (exact) mass is 307 g/mol. The smallest absolute Gasteiger partial charge is 0.123 e. The van der Waals surface area contributed by atoms with E-state index in [1.165, 1.54) is 5.56 Å². The summed E-state index contributed by atoms with van der Waals surface area (Å²) >= 11 is 0. The molecule has 0 fully saturated rings. The molecular weight excluding hydrogens is 274 g/mol. The second kappa shape index (κ2) is 7.01. The molecule has 0 radical (unpaired) electrons. The first-order chi connectivity index (χ1) is 9.96. The summed E-state index contributed by atoms with van der Waals surface area (Å²) in [6.07, 6.45) is 0.785. The Labute approximate surface area is 136 Å². The van der Waals surface area contributed by atoms with E-state index >= 15 is 0 Å². The molecule has 1 aromatic rings. The van der Waals surface area contributed by atoms with Gasteiger partial charge in [0.15, 0.2) is 0 Å². The zero-order valence-corrected chi connectivity index (χ0v) is 15.3. The van der Waals surface area contributed by atoms with Gasteiger partial charge in [-0.15, -0.1) is 0 Å². The molecule has 0 aliphatic carbocycles. The molecule has 0 bridgehead atoms. The van der Waals surface area contributed by atoms with Crippen molar-refractivity contribution in [2.24, 2.45) is 0 Å². The van der Waals surface area contributed by atoms with Gasteiger partial charge in [-0.25, -0.2) is 0 Å². The molecule has 1 aromatic carbocycles. The number of benzene rings is 1. The van der Waals surface area contributed by atoms with Gasteiger partial charge in [0.25, 0.3) is 0 Å². The third-order valence-electron chi connectivity index (χ3n) is 3.94. The molecule has 126 valence electrons. The predicted octanol–water partition coefficient (Wildman–Crippen LogP) is 3.80. The van der Waals surface area contributed by atoms with E-state index < -0.39 is 0 Å². The molecule has 0 unspecified atom stereocenters. The molecule has 2 N–H and O–H groups in total. The van der Waals surface area contributed by atoms with Gasteiger partial charge in [0.1, 0.15) is 5.75 Å². The van der Waals surface area contributed by atoms with Crippen molar-refractivity contribution in [2.45, 2.75) is 65.3 Å². The summed E-state index contributed by atoms with van der Waals surface area (Å²) in [5.41, 5.74) is 3.04. The van der Waals surface area contributed by atoms with Crippen molar-refractivity contribution in [3.8, 4) is 5.75 Å². The van der Waals surface area contributed by atoms with E-state index in [4.69, 9.17) is 5.11 Å². The van der Waals surface area contributed by atoms with Crippen molar-refractivity contribution in [3.63, 3.8) is 0 Å². The molecule has 0 atom stereocenters. The maximum Gasteiger partial charge on any atom is 0.123 e. The first-order valence-electron chi connectivity index (χ1n) is 8.13. The van der Waals surface area contributed by atoms with Crippen molar-refractivity contribution < 1.29 is 10.2 Å². The van der Waals surface area contributed by atoms with Crippen molar-refractivity contribution >= 4 is 0 Å². The van der Waals surface area contributed by atoms with Crippen LogP contribution in [0.4, 0.5) is 0 Å². The Kier molecular flexibility index (Phi) is 6.05. The van der Waals surface area contributed by atoms with Crippen molar-refractivity contribution in [1.29, 1.82) is 0 Å². The maximum atomic E-state index is 10.7. The summed E-state index contributed by atoms with van der Waals surface area (Å²) in [4.78, 5) is 2.21. The lowest BCUT2D eigenvalue weighted by atomic mass is 9.78. The first-order valence-corrected chi connectivity index (χ1v) is 8.13. The number of phenolic OH excluding ortho intramolecular Hbond substituents is 1. The Balaban J connectivity index is 3.24. The molecule has 0 saturated carbocycles. The van der Waals surface area contributed by atoms with Crippen LogP contribution in [0.2, 0.25) is 0 Å². The van der Waals surface area contributed by atoms with Crippen LogP contribution in [0.3, 0.4) is 0 Å². The highest BCUT2D eigenvalue weighted by Crippen LogP contribution is 2.39. The standard InChI is InChI=1S/C19H33NO2/c1-18(2,3)15-11-14(13-20(7)9-8-10-21)12-16(17(15)22)19(4,5)6/h11-12,21-22H,8-10,13H2,1-7H3. The number of aliphatic hydroxyl groups excluding tert-OH is 1. The van der Waals surface area contributed by atoms with Crippen molar-refractivity contribution in [3.05, 3.63) is 28.8 Å². The van der Waals surface area contributed by atoms with Crippen LogP contribution >= 0.6 is 0 Å². The van der Waals surface area contributed by atoms with Crippen LogP contribution in [0.15, 0.2) is 12.1 Å². The van der Waals surface area contributed by atoms with Gasteiger partial charge in [0.2, 0.25) is 0 Å². The summed E-state index contributed by atoms with van der Waals surface area (Å²) < 4.78 is 0. The van der Waals surface area contributed by atoms with Crippen LogP contribution in [0, 0.1) is 0 Å². The molecule has 3 nitrogen and oxygen atoms in total. The highest BCUT2D eigenvalue weighted by atomic mass is 16.3. The Morgan fingerprint density at radius 3 is 1.77 bits per heavy atom. The zero-order chi connectivity index (χ0) is 17.1. The third-order valence-corrected chi connectivity index (χ3v) is 3.94. The Morgan fingerprint density at radius 2 is 1.41 bits per heavy atom. The largest absolute Gasteiger partial charge is 0.507 e. The lowest BCUT2D eigenvalue weighted by molar-refractivity contribution is 0.244. The van der Waals surface area contributed by atoms with E-state index in [-0.39, 0.29) is 17.4 Å². The number of phenols is 1. The highest BCUT2D eigenvalue weighted by molar-refractivity contribution is 5.49. The van der Waals surface area contributed by atoms with E-state index in [1.807, 2.05) is 0 Å². The zero-order valence-electron chi connectivity index (χ0n) is 15.3. The fourth-order valence-corrected chi connectivity index (χ4v) is 2.66. The number of nitrogens with zero attached hydrogens (tertiary/aromatic N) is 1. The van der Waals surface area contributed by atoms with Gasteiger partial charge in [-0.05, 0) is 41.0 Å². The summed E-state index contributed by atoms with van der Waals surface area (Å²) in [6, 6.07) is 4.25. The van der Waals surface area contributed by atoms with E-state index in [1.54, 1.807) is 0 Å². The SMILES string of the molecule is CN(CCCO)Cc1cc(C(C)(C)C)c(O)c(C(C)(C)C)c1. The minimum absolute atomic E-state index is 0.0935. The number of hydrogen-bond donors (Lipinski definition) is 2. The van der Waals surface area contributed by atoms with Crippen LogP contribution in [0.5, 0.6) is 5.75 Å². The van der Waals surface area contributed by atoms with E-state index in [9.17, 15) is 5.11 Å². The van der Waals surface area contributed by atoms with Crippen molar-refractivity contribution in [2.75, 3.05) is 20.2 Å².